The van der Waals surface area contributed by atoms with E-state index in [2.05, 4.69) is 33.0 Å². The van der Waals surface area contributed by atoms with Crippen molar-refractivity contribution in [3.8, 4) is 0 Å². The summed E-state index contributed by atoms with van der Waals surface area (Å²) in [7, 11) is 0. The van der Waals surface area contributed by atoms with Crippen molar-refractivity contribution in [2.24, 2.45) is 11.3 Å². The highest BCUT2D eigenvalue weighted by atomic mass is 35.5. The molecule has 0 spiro atoms. The van der Waals surface area contributed by atoms with E-state index in [0.717, 1.165) is 18.7 Å². The molecular formula is C16H23Cl2NO. The second-order valence-electron chi connectivity index (χ2n) is 6.57. The molecule has 0 amide bonds. The molecule has 0 saturated heterocycles. The van der Waals surface area contributed by atoms with Crippen molar-refractivity contribution in [1.29, 1.82) is 0 Å². The molecule has 0 heterocycles. The topological polar surface area (TPSA) is 21.3 Å². The number of halogens is 2. The molecule has 2 atom stereocenters. The molecule has 20 heavy (non-hydrogen) atoms. The lowest BCUT2D eigenvalue weighted by molar-refractivity contribution is -0.108. The fraction of sp³-hybridized carbons (Fsp3) is 0.625. The van der Waals surface area contributed by atoms with Crippen molar-refractivity contribution in [3.05, 3.63) is 28.2 Å². The van der Waals surface area contributed by atoms with E-state index in [1.54, 1.807) is 0 Å². The first kappa shape index (κ1) is 15.9. The normalized spacial score (nSPS) is 24.6. The van der Waals surface area contributed by atoms with Crippen LogP contribution in [0.2, 0.25) is 10.0 Å². The molecule has 0 aliphatic heterocycles. The molecule has 4 heteroatoms. The second kappa shape index (κ2) is 6.13. The molecule has 1 aromatic carbocycles. The van der Waals surface area contributed by atoms with Gasteiger partial charge in [-0.3, -0.25) is 0 Å². The van der Waals surface area contributed by atoms with Gasteiger partial charge in [0.15, 0.2) is 0 Å². The number of benzene rings is 1. The molecule has 2 rings (SSSR count). The van der Waals surface area contributed by atoms with Gasteiger partial charge in [-0.05, 0) is 24.5 Å². The van der Waals surface area contributed by atoms with Crippen molar-refractivity contribution >= 4 is 28.9 Å². The zero-order chi connectivity index (χ0) is 14.9. The molecule has 1 aliphatic rings. The summed E-state index contributed by atoms with van der Waals surface area (Å²) in [4.78, 5) is 0. The van der Waals surface area contributed by atoms with Gasteiger partial charge in [0.25, 0.3) is 0 Å². The molecule has 0 radical (unpaired) electrons. The predicted octanol–water partition coefficient (Wildman–Crippen LogP) is 5.25. The Morgan fingerprint density at radius 1 is 1.30 bits per heavy atom. The average molecular weight is 316 g/mol. The van der Waals surface area contributed by atoms with Crippen LogP contribution in [0.1, 0.15) is 34.1 Å². The lowest BCUT2D eigenvalue weighted by Crippen LogP contribution is -2.58. The Balaban J connectivity index is 1.99. The lowest BCUT2D eigenvalue weighted by atomic mass is 9.64. The van der Waals surface area contributed by atoms with E-state index >= 15 is 0 Å². The third-order valence-corrected chi connectivity index (χ3v) is 4.72. The van der Waals surface area contributed by atoms with Crippen LogP contribution in [0.3, 0.4) is 0 Å². The van der Waals surface area contributed by atoms with Crippen LogP contribution in [-0.4, -0.2) is 18.8 Å². The highest BCUT2D eigenvalue weighted by Crippen LogP contribution is 2.46. The highest BCUT2D eigenvalue weighted by molar-refractivity contribution is 6.39. The van der Waals surface area contributed by atoms with E-state index in [0.29, 0.717) is 28.1 Å². The third kappa shape index (κ3) is 3.24. The van der Waals surface area contributed by atoms with Gasteiger partial charge in [-0.15, -0.1) is 0 Å². The van der Waals surface area contributed by atoms with E-state index in [-0.39, 0.29) is 5.41 Å². The summed E-state index contributed by atoms with van der Waals surface area (Å²) in [6, 6.07) is 5.90. The summed E-state index contributed by atoms with van der Waals surface area (Å²) >= 11 is 12.4. The molecule has 2 unspecified atom stereocenters. The van der Waals surface area contributed by atoms with Gasteiger partial charge in [0.05, 0.1) is 21.8 Å². The maximum atomic E-state index is 6.21. The molecule has 2 nitrogen and oxygen atoms in total. The summed E-state index contributed by atoms with van der Waals surface area (Å²) in [5.41, 5.74) is 0.911. The smallest absolute Gasteiger partial charge is 0.0721 e. The number of rotatable bonds is 5. The SMILES string of the molecule is CC(C)COC1CC(Nc2c(Cl)cccc2Cl)C1(C)C. The predicted molar refractivity (Wildman–Crippen MR) is 86.8 cm³/mol. The first-order valence-corrected chi connectivity index (χ1v) is 7.90. The van der Waals surface area contributed by atoms with Gasteiger partial charge < -0.3 is 10.1 Å². The Bertz CT molecular complexity index is 453. The van der Waals surface area contributed by atoms with Crippen molar-refractivity contribution in [2.45, 2.75) is 46.3 Å². The zero-order valence-electron chi connectivity index (χ0n) is 12.5. The van der Waals surface area contributed by atoms with E-state index in [1.807, 2.05) is 18.2 Å². The summed E-state index contributed by atoms with van der Waals surface area (Å²) in [6.07, 6.45) is 1.28. The van der Waals surface area contributed by atoms with Crippen molar-refractivity contribution < 1.29 is 4.74 Å². The largest absolute Gasteiger partial charge is 0.379 e. The van der Waals surface area contributed by atoms with E-state index in [4.69, 9.17) is 27.9 Å². The van der Waals surface area contributed by atoms with Gasteiger partial charge in [0.2, 0.25) is 0 Å². The standard InChI is InChI=1S/C16H23Cl2NO/c1-10(2)9-20-14-8-13(16(14,3)4)19-15-11(17)6-5-7-12(15)18/h5-7,10,13-14,19H,8-9H2,1-4H3. The number of nitrogens with one attached hydrogen (secondary N) is 1. The lowest BCUT2D eigenvalue weighted by Gasteiger charge is -2.52. The zero-order valence-corrected chi connectivity index (χ0v) is 14.1. The van der Waals surface area contributed by atoms with E-state index < -0.39 is 0 Å². The molecule has 1 aliphatic carbocycles. The first-order chi connectivity index (χ1) is 9.32. The summed E-state index contributed by atoms with van der Waals surface area (Å²) in [6.45, 7) is 9.61. The third-order valence-electron chi connectivity index (χ3n) is 4.09. The van der Waals surface area contributed by atoms with Gasteiger partial charge in [-0.2, -0.15) is 0 Å². The van der Waals surface area contributed by atoms with Crippen LogP contribution < -0.4 is 5.32 Å². The number of hydrogen-bond acceptors (Lipinski definition) is 2. The van der Waals surface area contributed by atoms with Gasteiger partial charge in [-0.25, -0.2) is 0 Å². The molecule has 1 N–H and O–H groups in total. The second-order valence-corrected chi connectivity index (χ2v) is 7.38. The molecule has 112 valence electrons. The Hall–Kier alpha value is -0.440. The minimum absolute atomic E-state index is 0.0807. The van der Waals surface area contributed by atoms with Crippen molar-refractivity contribution in [1.82, 2.24) is 0 Å². The minimum atomic E-state index is 0.0807. The maximum Gasteiger partial charge on any atom is 0.0721 e. The molecule has 1 aromatic rings. The Labute approximate surface area is 131 Å². The van der Waals surface area contributed by atoms with Crippen LogP contribution in [-0.2, 0) is 4.74 Å². The maximum absolute atomic E-state index is 6.21. The molecular weight excluding hydrogens is 293 g/mol. The van der Waals surface area contributed by atoms with E-state index in [9.17, 15) is 0 Å². The van der Waals surface area contributed by atoms with Crippen molar-refractivity contribution in [2.75, 3.05) is 11.9 Å². The average Bonchev–Trinajstić information content (AvgIpc) is 2.35. The fourth-order valence-corrected chi connectivity index (χ4v) is 3.04. The van der Waals surface area contributed by atoms with Gasteiger partial charge in [0, 0.05) is 18.1 Å². The van der Waals surface area contributed by atoms with Crippen LogP contribution in [0, 0.1) is 11.3 Å². The first-order valence-electron chi connectivity index (χ1n) is 7.14. The van der Waals surface area contributed by atoms with Crippen LogP contribution in [0.4, 0.5) is 5.69 Å². The van der Waals surface area contributed by atoms with Gasteiger partial charge >= 0.3 is 0 Å². The van der Waals surface area contributed by atoms with Crippen LogP contribution >= 0.6 is 23.2 Å². The highest BCUT2D eigenvalue weighted by Gasteiger charge is 2.49. The van der Waals surface area contributed by atoms with E-state index in [1.165, 1.54) is 0 Å². The monoisotopic (exact) mass is 315 g/mol. The summed E-state index contributed by atoms with van der Waals surface area (Å²) in [5, 5.41) is 4.81. The van der Waals surface area contributed by atoms with Crippen LogP contribution in [0.5, 0.6) is 0 Å². The van der Waals surface area contributed by atoms with Crippen LogP contribution in [0.25, 0.3) is 0 Å². The number of anilines is 1. The molecule has 1 saturated carbocycles. The van der Waals surface area contributed by atoms with Gasteiger partial charge in [0.1, 0.15) is 0 Å². The number of hydrogen-bond donors (Lipinski definition) is 1. The molecule has 1 fully saturated rings. The van der Waals surface area contributed by atoms with Gasteiger partial charge in [-0.1, -0.05) is 57.0 Å². The number of ether oxygens (including phenoxy) is 1. The Kier molecular flexibility index (Phi) is 4.88. The quantitative estimate of drug-likeness (QED) is 0.801. The van der Waals surface area contributed by atoms with Crippen molar-refractivity contribution in [3.63, 3.8) is 0 Å². The molecule has 0 aromatic heterocycles. The fourth-order valence-electron chi connectivity index (χ4n) is 2.53. The Morgan fingerprint density at radius 2 is 1.90 bits per heavy atom. The minimum Gasteiger partial charge on any atom is -0.379 e. The summed E-state index contributed by atoms with van der Waals surface area (Å²) in [5.74, 6) is 0.566. The summed E-state index contributed by atoms with van der Waals surface area (Å²) < 4.78 is 5.98. The van der Waals surface area contributed by atoms with Crippen LogP contribution in [0.15, 0.2) is 18.2 Å². The molecule has 0 bridgehead atoms. The number of para-hydroxylation sites is 1. The Morgan fingerprint density at radius 3 is 2.40 bits per heavy atom.